The Kier molecular flexibility index (Phi) is 4.09. The first kappa shape index (κ1) is 15.6. The summed E-state index contributed by atoms with van der Waals surface area (Å²) in [4.78, 5) is 15.8. The van der Waals surface area contributed by atoms with Gasteiger partial charge in [-0.15, -0.1) is 0 Å². The highest BCUT2D eigenvalue weighted by Crippen LogP contribution is 2.36. The largest absolute Gasteiger partial charge is 0.472 e. The fraction of sp³-hybridized carbons (Fsp3) is 0.294. The lowest BCUT2D eigenvalue weighted by atomic mass is 9.93. The van der Waals surface area contributed by atoms with Crippen LogP contribution < -0.4 is 4.74 Å². The van der Waals surface area contributed by atoms with Crippen molar-refractivity contribution in [3.8, 4) is 17.0 Å². The zero-order chi connectivity index (χ0) is 16.6. The molecule has 1 aromatic carbocycles. The fourth-order valence-corrected chi connectivity index (χ4v) is 2.67. The highest BCUT2D eigenvalue weighted by molar-refractivity contribution is 5.94. The van der Waals surface area contributed by atoms with E-state index in [-0.39, 0.29) is 29.5 Å². The second kappa shape index (κ2) is 6.04. The molecule has 23 heavy (non-hydrogen) atoms. The van der Waals surface area contributed by atoms with Crippen LogP contribution in [0.15, 0.2) is 24.3 Å². The van der Waals surface area contributed by atoms with Crippen LogP contribution in [0.5, 0.6) is 5.88 Å². The van der Waals surface area contributed by atoms with Gasteiger partial charge in [-0.1, -0.05) is 0 Å². The van der Waals surface area contributed by atoms with Crippen LogP contribution >= 0.6 is 0 Å². The first-order valence-corrected chi connectivity index (χ1v) is 7.27. The summed E-state index contributed by atoms with van der Waals surface area (Å²) in [6.07, 6.45) is 0.682. The summed E-state index contributed by atoms with van der Waals surface area (Å²) in [6.45, 7) is 1.19. The predicted molar refractivity (Wildman–Crippen MR) is 79.4 cm³/mol. The molecule has 0 fully saturated rings. The number of carbonyl (C=O) groups is 1. The maximum absolute atomic E-state index is 14.2. The molecule has 0 bridgehead atoms. The maximum atomic E-state index is 14.2. The van der Waals surface area contributed by atoms with Crippen molar-refractivity contribution in [1.29, 1.82) is 0 Å². The number of aliphatic hydroxyl groups excluding tert-OH is 1. The van der Waals surface area contributed by atoms with Crippen molar-refractivity contribution in [1.82, 2.24) is 4.98 Å². The van der Waals surface area contributed by atoms with Gasteiger partial charge >= 0.3 is 0 Å². The molecule has 1 N–H and O–H groups in total. The van der Waals surface area contributed by atoms with Crippen LogP contribution in [0.3, 0.4) is 0 Å². The van der Waals surface area contributed by atoms with Crippen LogP contribution in [0.4, 0.5) is 8.78 Å². The zero-order valence-corrected chi connectivity index (χ0v) is 12.5. The van der Waals surface area contributed by atoms with Gasteiger partial charge in [-0.3, -0.25) is 4.79 Å². The van der Waals surface area contributed by atoms with Crippen LogP contribution in [0.2, 0.25) is 0 Å². The number of pyridine rings is 1. The van der Waals surface area contributed by atoms with E-state index >= 15 is 0 Å². The molecule has 1 aromatic heterocycles. The van der Waals surface area contributed by atoms with Crippen molar-refractivity contribution >= 4 is 5.78 Å². The minimum Gasteiger partial charge on any atom is -0.472 e. The van der Waals surface area contributed by atoms with E-state index in [1.165, 1.54) is 25.1 Å². The average molecular weight is 319 g/mol. The Bertz CT molecular complexity index is 777. The Morgan fingerprint density at radius 3 is 2.78 bits per heavy atom. The molecule has 3 rings (SSSR count). The summed E-state index contributed by atoms with van der Waals surface area (Å²) in [6, 6.07) is 4.80. The third-order valence-electron chi connectivity index (χ3n) is 3.87. The van der Waals surface area contributed by atoms with Crippen LogP contribution in [0.1, 0.15) is 29.4 Å². The van der Waals surface area contributed by atoms with Crippen LogP contribution in [0, 0.1) is 11.6 Å². The monoisotopic (exact) mass is 319 g/mol. The van der Waals surface area contributed by atoms with Crippen molar-refractivity contribution in [2.45, 2.75) is 25.9 Å². The molecule has 0 spiro atoms. The van der Waals surface area contributed by atoms with Gasteiger partial charge in [0.25, 0.3) is 0 Å². The molecule has 2 aromatic rings. The van der Waals surface area contributed by atoms with E-state index in [2.05, 4.69) is 4.98 Å². The number of aliphatic hydroxyl groups is 1. The van der Waals surface area contributed by atoms with E-state index in [9.17, 15) is 18.7 Å². The van der Waals surface area contributed by atoms with Gasteiger partial charge in [-0.25, -0.2) is 13.8 Å². The number of fused-ring (bicyclic) bond motifs is 1. The van der Waals surface area contributed by atoms with E-state index in [4.69, 9.17) is 4.74 Å². The highest BCUT2D eigenvalue weighted by atomic mass is 19.1. The van der Waals surface area contributed by atoms with E-state index in [1.54, 1.807) is 0 Å². The first-order valence-electron chi connectivity index (χ1n) is 7.27. The number of nitrogens with zero attached hydrogens (tertiary/aromatic N) is 1. The van der Waals surface area contributed by atoms with Crippen molar-refractivity contribution in [2.75, 3.05) is 6.61 Å². The summed E-state index contributed by atoms with van der Waals surface area (Å²) in [5.74, 6) is -1.44. The topological polar surface area (TPSA) is 59.4 Å². The molecule has 6 heteroatoms. The number of benzene rings is 1. The van der Waals surface area contributed by atoms with E-state index < -0.39 is 17.7 Å². The number of ketones is 1. The molecular weight excluding hydrogens is 304 g/mol. The molecule has 1 atom stereocenters. The van der Waals surface area contributed by atoms with Crippen molar-refractivity contribution < 1.29 is 23.4 Å². The number of carbonyl (C=O) groups excluding carboxylic acids is 1. The minimum absolute atomic E-state index is 0.140. The molecule has 0 saturated heterocycles. The first-order chi connectivity index (χ1) is 11.0. The Labute approximate surface area is 131 Å². The Morgan fingerprint density at radius 1 is 1.35 bits per heavy atom. The van der Waals surface area contributed by atoms with Gasteiger partial charge in [0.1, 0.15) is 23.4 Å². The number of aromatic nitrogens is 1. The van der Waals surface area contributed by atoms with Crippen molar-refractivity contribution in [2.24, 2.45) is 0 Å². The molecule has 0 aliphatic carbocycles. The molecule has 0 amide bonds. The van der Waals surface area contributed by atoms with Crippen LogP contribution in [-0.4, -0.2) is 28.6 Å². The van der Waals surface area contributed by atoms with Gasteiger partial charge < -0.3 is 9.84 Å². The van der Waals surface area contributed by atoms with Gasteiger partial charge in [0.2, 0.25) is 5.88 Å². The van der Waals surface area contributed by atoms with Crippen molar-refractivity contribution in [3.05, 3.63) is 47.2 Å². The summed E-state index contributed by atoms with van der Waals surface area (Å²) in [5.41, 5.74) is 1.46. The van der Waals surface area contributed by atoms with Crippen LogP contribution in [-0.2, 0) is 6.42 Å². The number of Topliss-reactive ketones (excluding diaryl/α,β-unsaturated/α-hetero) is 1. The average Bonchev–Trinajstić information content (AvgIpc) is 2.53. The lowest BCUT2D eigenvalue weighted by molar-refractivity contribution is 0.0915. The van der Waals surface area contributed by atoms with Gasteiger partial charge in [-0.2, -0.15) is 0 Å². The highest BCUT2D eigenvalue weighted by Gasteiger charge is 2.26. The number of hydrogen-bond acceptors (Lipinski definition) is 4. The van der Waals surface area contributed by atoms with Gasteiger partial charge in [0, 0.05) is 24.1 Å². The second-order valence-electron chi connectivity index (χ2n) is 5.48. The smallest absolute Gasteiger partial charge is 0.218 e. The summed E-state index contributed by atoms with van der Waals surface area (Å²) in [7, 11) is 0. The van der Waals surface area contributed by atoms with Crippen LogP contribution in [0.25, 0.3) is 11.1 Å². The third-order valence-corrected chi connectivity index (χ3v) is 3.87. The maximum Gasteiger partial charge on any atom is 0.218 e. The third kappa shape index (κ3) is 2.94. The minimum atomic E-state index is -0.711. The standard InChI is InChI=1S/C17H15F2NO3/c1-9(22)16-7-14(12-4-2-10(18)6-15(12)19)13-5-3-11(8-21)23-17(13)20-16/h2,4,6-7,11,21H,3,5,8H2,1H3/t11-/m0/s1. The lowest BCUT2D eigenvalue weighted by Crippen LogP contribution is -2.27. The van der Waals surface area contributed by atoms with Crippen molar-refractivity contribution in [3.63, 3.8) is 0 Å². The zero-order valence-electron chi connectivity index (χ0n) is 12.5. The summed E-state index contributed by atoms with van der Waals surface area (Å²) in [5, 5.41) is 9.23. The molecule has 1 aliphatic rings. The Hall–Kier alpha value is -2.34. The normalized spacial score (nSPS) is 16.6. The SMILES string of the molecule is CC(=O)c1cc(-c2ccc(F)cc2F)c2c(n1)O[C@H](CO)CC2. The number of halogens is 2. The quantitative estimate of drug-likeness (QED) is 0.884. The fourth-order valence-electron chi connectivity index (χ4n) is 2.67. The van der Waals surface area contributed by atoms with Gasteiger partial charge in [0.05, 0.1) is 6.61 Å². The Balaban J connectivity index is 2.19. The van der Waals surface area contributed by atoms with E-state index in [1.807, 2.05) is 0 Å². The van der Waals surface area contributed by atoms with Gasteiger partial charge in [0.15, 0.2) is 5.78 Å². The summed E-state index contributed by atoms with van der Waals surface area (Å²) < 4.78 is 32.9. The summed E-state index contributed by atoms with van der Waals surface area (Å²) >= 11 is 0. The molecule has 4 nitrogen and oxygen atoms in total. The molecule has 120 valence electrons. The second-order valence-corrected chi connectivity index (χ2v) is 5.48. The number of rotatable bonds is 3. The van der Waals surface area contributed by atoms with Gasteiger partial charge in [-0.05, 0) is 36.6 Å². The number of hydrogen-bond donors (Lipinski definition) is 1. The molecule has 0 saturated carbocycles. The molecule has 1 aliphatic heterocycles. The molecule has 0 unspecified atom stereocenters. The Morgan fingerprint density at radius 2 is 2.13 bits per heavy atom. The molecular formula is C17H15F2NO3. The predicted octanol–water partition coefficient (Wildman–Crippen LogP) is 2.92. The number of ether oxygens (including phenoxy) is 1. The lowest BCUT2D eigenvalue weighted by Gasteiger charge is -2.26. The van der Waals surface area contributed by atoms with E-state index in [0.717, 1.165) is 6.07 Å². The van der Waals surface area contributed by atoms with E-state index in [0.29, 0.717) is 24.0 Å². The molecule has 2 heterocycles. The molecule has 0 radical (unpaired) electrons.